The number of fused-ring (bicyclic) bond motifs is 2. The average Bonchev–Trinajstić information content (AvgIpc) is 3.34. The van der Waals surface area contributed by atoms with E-state index in [2.05, 4.69) is 41.6 Å². The van der Waals surface area contributed by atoms with Gasteiger partial charge in [-0.3, -0.25) is 9.59 Å². The van der Waals surface area contributed by atoms with Gasteiger partial charge in [0.25, 0.3) is 0 Å². The van der Waals surface area contributed by atoms with E-state index in [4.69, 9.17) is 23.2 Å². The van der Waals surface area contributed by atoms with Gasteiger partial charge in [-0.05, 0) is 60.2 Å². The molecule has 1 amide bonds. The largest absolute Gasteiger partial charge is 0.325 e. The highest BCUT2D eigenvalue weighted by molar-refractivity contribution is 6.31. The topological polar surface area (TPSA) is 73.5 Å². The lowest BCUT2D eigenvalue weighted by molar-refractivity contribution is -0.122. The highest BCUT2D eigenvalue weighted by Gasteiger charge is 2.65. The fraction of sp³-hybridized carbons (Fsp3) is 0.533. The van der Waals surface area contributed by atoms with Crippen molar-refractivity contribution < 1.29 is 14.0 Å². The quantitative estimate of drug-likeness (QED) is 0.427. The van der Waals surface area contributed by atoms with Crippen molar-refractivity contribution in [1.82, 2.24) is 15.5 Å². The van der Waals surface area contributed by atoms with Crippen molar-refractivity contribution in [2.75, 3.05) is 38.0 Å². The van der Waals surface area contributed by atoms with E-state index in [1.807, 2.05) is 18.2 Å². The van der Waals surface area contributed by atoms with E-state index in [0.717, 1.165) is 44.7 Å². The van der Waals surface area contributed by atoms with Crippen molar-refractivity contribution in [1.29, 1.82) is 0 Å². The smallest absolute Gasteiger partial charge is 0.237 e. The maximum absolute atomic E-state index is 15.0. The molecule has 0 bridgehead atoms. The van der Waals surface area contributed by atoms with Crippen LogP contribution in [0.2, 0.25) is 10.0 Å². The number of nitrogens with one attached hydrogen (secondary N) is 3. The first-order chi connectivity index (χ1) is 18.5. The van der Waals surface area contributed by atoms with E-state index >= 15 is 4.39 Å². The van der Waals surface area contributed by atoms with Crippen molar-refractivity contribution in [2.45, 2.75) is 63.5 Å². The lowest BCUT2D eigenvalue weighted by Crippen LogP contribution is -2.49. The molecule has 3 aliphatic rings. The molecule has 2 fully saturated rings. The van der Waals surface area contributed by atoms with Gasteiger partial charge in [-0.15, -0.1) is 0 Å². The van der Waals surface area contributed by atoms with Gasteiger partial charge >= 0.3 is 0 Å². The molecule has 5 rings (SSSR count). The van der Waals surface area contributed by atoms with Crippen LogP contribution in [-0.4, -0.2) is 61.4 Å². The minimum Gasteiger partial charge on any atom is -0.325 e. The number of piperazine rings is 1. The maximum Gasteiger partial charge on any atom is 0.237 e. The van der Waals surface area contributed by atoms with Gasteiger partial charge in [0, 0.05) is 55.3 Å². The summed E-state index contributed by atoms with van der Waals surface area (Å²) < 4.78 is 15.0. The zero-order chi connectivity index (χ0) is 27.9. The number of carbonyl (C=O) groups excluding carboxylic acids is 2. The van der Waals surface area contributed by atoms with Crippen molar-refractivity contribution in [3.8, 4) is 0 Å². The second kappa shape index (κ2) is 11.1. The molecule has 3 aliphatic heterocycles. The van der Waals surface area contributed by atoms with Crippen LogP contribution in [0.1, 0.15) is 57.1 Å². The standard InChI is InChI=1S/C30H37Cl2FN4O2/c1-29(2,3)17-25-30(20-15-22(33)21(32)16-23(20)35-28(30)39)26(18-6-4-7-19(31)14-18)27(36-25)24(38)8-5-11-37-12-9-34-10-13-37/h4,6-7,14-16,25-27,34,36H,5,8-13,17H2,1-3H3,(H,35,39)/t25-,26+,27+,30+/m1/s1. The van der Waals surface area contributed by atoms with Gasteiger partial charge in [-0.1, -0.05) is 56.1 Å². The maximum atomic E-state index is 15.0. The number of anilines is 1. The minimum absolute atomic E-state index is 0.0516. The second-order valence-corrected chi connectivity index (χ2v) is 13.1. The molecule has 4 atom stereocenters. The van der Waals surface area contributed by atoms with Gasteiger partial charge in [0.1, 0.15) is 17.0 Å². The first kappa shape index (κ1) is 28.5. The zero-order valence-electron chi connectivity index (χ0n) is 22.8. The highest BCUT2D eigenvalue weighted by Crippen LogP contribution is 2.57. The van der Waals surface area contributed by atoms with E-state index < -0.39 is 29.2 Å². The molecule has 2 aromatic rings. The Bertz CT molecular complexity index is 1260. The normalized spacial score (nSPS) is 27.1. The number of nitrogens with zero attached hydrogens (tertiary/aromatic N) is 1. The summed E-state index contributed by atoms with van der Waals surface area (Å²) in [5.41, 5.74) is 0.434. The molecule has 210 valence electrons. The Morgan fingerprint density at radius 1 is 1.15 bits per heavy atom. The summed E-state index contributed by atoms with van der Waals surface area (Å²) in [4.78, 5) is 30.5. The van der Waals surface area contributed by atoms with Crippen LogP contribution in [0.3, 0.4) is 0 Å². The minimum atomic E-state index is -1.21. The molecule has 1 spiro atoms. The van der Waals surface area contributed by atoms with Crippen LogP contribution in [0.25, 0.3) is 0 Å². The molecule has 0 aromatic heterocycles. The summed E-state index contributed by atoms with van der Waals surface area (Å²) in [5, 5.41) is 10.4. The molecule has 0 radical (unpaired) electrons. The van der Waals surface area contributed by atoms with Crippen molar-refractivity contribution in [3.05, 3.63) is 63.4 Å². The zero-order valence-corrected chi connectivity index (χ0v) is 24.3. The first-order valence-electron chi connectivity index (χ1n) is 13.8. The summed E-state index contributed by atoms with van der Waals surface area (Å²) in [6.45, 7) is 11.0. The Morgan fingerprint density at radius 2 is 1.90 bits per heavy atom. The summed E-state index contributed by atoms with van der Waals surface area (Å²) in [6, 6.07) is 9.17. The molecule has 2 saturated heterocycles. The van der Waals surface area contributed by atoms with Crippen LogP contribution in [0, 0.1) is 11.2 Å². The Balaban J connectivity index is 1.58. The number of hydrogen-bond donors (Lipinski definition) is 3. The summed E-state index contributed by atoms with van der Waals surface area (Å²) in [5.74, 6) is -1.35. The van der Waals surface area contributed by atoms with Gasteiger partial charge in [-0.2, -0.15) is 0 Å². The molecule has 0 aliphatic carbocycles. The van der Waals surface area contributed by atoms with Crippen molar-refractivity contribution >= 4 is 40.6 Å². The predicted octanol–water partition coefficient (Wildman–Crippen LogP) is 5.14. The Kier molecular flexibility index (Phi) is 8.11. The lowest BCUT2D eigenvalue weighted by Gasteiger charge is -2.37. The molecule has 9 heteroatoms. The van der Waals surface area contributed by atoms with E-state index in [1.54, 1.807) is 6.07 Å². The molecule has 3 N–H and O–H groups in total. The van der Waals surface area contributed by atoms with Crippen LogP contribution in [0.15, 0.2) is 36.4 Å². The van der Waals surface area contributed by atoms with Crippen molar-refractivity contribution in [3.63, 3.8) is 0 Å². The van der Waals surface area contributed by atoms with Crippen molar-refractivity contribution in [2.24, 2.45) is 5.41 Å². The number of ketones is 1. The molecule has 3 heterocycles. The van der Waals surface area contributed by atoms with Crippen LogP contribution >= 0.6 is 23.2 Å². The highest BCUT2D eigenvalue weighted by atomic mass is 35.5. The fourth-order valence-corrected chi connectivity index (χ4v) is 7.12. The number of benzene rings is 2. The molecule has 0 saturated carbocycles. The third-order valence-corrected chi connectivity index (χ3v) is 8.89. The van der Waals surface area contributed by atoms with Crippen LogP contribution in [0.5, 0.6) is 0 Å². The fourth-order valence-electron chi connectivity index (χ4n) is 6.75. The molecule has 6 nitrogen and oxygen atoms in total. The third kappa shape index (κ3) is 5.49. The van der Waals surface area contributed by atoms with Gasteiger partial charge < -0.3 is 20.9 Å². The molecule has 0 unspecified atom stereocenters. The SMILES string of the molecule is CC(C)(C)C[C@H]1N[C@@H](C(=O)CCCN2CCNCC2)[C@H](c2cccc(Cl)c2)[C@@]12C(=O)Nc1cc(Cl)c(F)cc12. The number of carbonyl (C=O) groups is 2. The van der Waals surface area contributed by atoms with E-state index in [0.29, 0.717) is 29.1 Å². The summed E-state index contributed by atoms with van der Waals surface area (Å²) >= 11 is 12.6. The predicted molar refractivity (Wildman–Crippen MR) is 154 cm³/mol. The van der Waals surface area contributed by atoms with Crippen LogP contribution < -0.4 is 16.0 Å². The summed E-state index contributed by atoms with van der Waals surface area (Å²) in [6.07, 6.45) is 1.73. The van der Waals surface area contributed by atoms with E-state index in [9.17, 15) is 9.59 Å². The number of Topliss-reactive ketones (excluding diaryl/α,β-unsaturated/α-hetero) is 1. The van der Waals surface area contributed by atoms with Gasteiger partial charge in [0.05, 0.1) is 11.1 Å². The second-order valence-electron chi connectivity index (χ2n) is 12.3. The molecular weight excluding hydrogens is 538 g/mol. The monoisotopic (exact) mass is 574 g/mol. The first-order valence-corrected chi connectivity index (χ1v) is 14.5. The van der Waals surface area contributed by atoms with Gasteiger partial charge in [0.2, 0.25) is 5.91 Å². The number of halogens is 3. The number of rotatable bonds is 7. The Labute approximate surface area is 240 Å². The number of hydrogen-bond acceptors (Lipinski definition) is 5. The van der Waals surface area contributed by atoms with Gasteiger partial charge in [-0.25, -0.2) is 4.39 Å². The molecule has 39 heavy (non-hydrogen) atoms. The van der Waals surface area contributed by atoms with E-state index in [1.165, 1.54) is 12.1 Å². The third-order valence-electron chi connectivity index (χ3n) is 8.36. The lowest BCUT2D eigenvalue weighted by atomic mass is 9.62. The number of amides is 1. The Hall–Kier alpha value is -2.03. The van der Waals surface area contributed by atoms with Gasteiger partial charge in [0.15, 0.2) is 0 Å². The average molecular weight is 576 g/mol. The van der Waals surface area contributed by atoms with Crippen LogP contribution in [0.4, 0.5) is 10.1 Å². The summed E-state index contributed by atoms with van der Waals surface area (Å²) in [7, 11) is 0. The van der Waals surface area contributed by atoms with E-state index in [-0.39, 0.29) is 22.1 Å². The molecule has 2 aromatic carbocycles. The Morgan fingerprint density at radius 3 is 2.59 bits per heavy atom. The van der Waals surface area contributed by atoms with Crippen LogP contribution in [-0.2, 0) is 15.0 Å². The molecular formula is C30H37Cl2FN4O2.